The molecule has 0 spiro atoms. The second-order valence-electron chi connectivity index (χ2n) is 5.84. The van der Waals surface area contributed by atoms with E-state index in [1.165, 1.54) is 38.8 Å². The van der Waals surface area contributed by atoms with Crippen molar-refractivity contribution < 1.29 is 9.90 Å². The molecule has 0 saturated carbocycles. The van der Waals surface area contributed by atoms with Crippen LogP contribution in [0.1, 0.15) is 36.0 Å². The number of piperidine rings is 1. The molecular formula is C16H22N2O2. The first-order valence-corrected chi connectivity index (χ1v) is 7.56. The number of rotatable bonds is 3. The van der Waals surface area contributed by atoms with Gasteiger partial charge in [-0.05, 0) is 56.6 Å². The number of aromatic carboxylic acids is 1. The quantitative estimate of drug-likeness (QED) is 0.919. The normalized spacial score (nSPS) is 24.0. The van der Waals surface area contributed by atoms with E-state index in [1.807, 2.05) is 12.1 Å². The van der Waals surface area contributed by atoms with E-state index in [0.29, 0.717) is 11.6 Å². The average molecular weight is 274 g/mol. The lowest BCUT2D eigenvalue weighted by molar-refractivity contribution is 0.0697. The van der Waals surface area contributed by atoms with Gasteiger partial charge in [-0.25, -0.2) is 4.79 Å². The SMILES string of the molecule is O=C(O)c1ccc(N2CCC(N3CCCCC3)C2)cc1. The Morgan fingerprint density at radius 2 is 1.75 bits per heavy atom. The zero-order valence-corrected chi connectivity index (χ0v) is 11.8. The summed E-state index contributed by atoms with van der Waals surface area (Å²) in [6, 6.07) is 7.94. The van der Waals surface area contributed by atoms with Crippen molar-refractivity contribution in [2.75, 3.05) is 31.1 Å². The van der Waals surface area contributed by atoms with Gasteiger partial charge in [-0.1, -0.05) is 6.42 Å². The first-order chi connectivity index (χ1) is 9.74. The second-order valence-corrected chi connectivity index (χ2v) is 5.84. The van der Waals surface area contributed by atoms with E-state index in [9.17, 15) is 4.79 Å². The summed E-state index contributed by atoms with van der Waals surface area (Å²) in [6.07, 6.45) is 5.28. The summed E-state index contributed by atoms with van der Waals surface area (Å²) in [5.74, 6) is -0.857. The van der Waals surface area contributed by atoms with Crippen LogP contribution in [0.15, 0.2) is 24.3 Å². The molecule has 0 aromatic heterocycles. The molecule has 1 atom stereocenters. The molecule has 0 aliphatic carbocycles. The molecule has 1 N–H and O–H groups in total. The summed E-state index contributed by atoms with van der Waals surface area (Å²) in [5.41, 5.74) is 1.51. The van der Waals surface area contributed by atoms with Crippen LogP contribution in [0.2, 0.25) is 0 Å². The summed E-state index contributed by atoms with van der Waals surface area (Å²) in [5, 5.41) is 8.93. The summed E-state index contributed by atoms with van der Waals surface area (Å²) >= 11 is 0. The first-order valence-electron chi connectivity index (χ1n) is 7.56. The molecule has 20 heavy (non-hydrogen) atoms. The molecule has 1 aromatic carbocycles. The van der Waals surface area contributed by atoms with Crippen molar-refractivity contribution in [3.05, 3.63) is 29.8 Å². The Morgan fingerprint density at radius 1 is 1.05 bits per heavy atom. The summed E-state index contributed by atoms with van der Waals surface area (Å²) in [7, 11) is 0. The van der Waals surface area contributed by atoms with Crippen LogP contribution < -0.4 is 4.90 Å². The number of hydrogen-bond donors (Lipinski definition) is 1. The predicted molar refractivity (Wildman–Crippen MR) is 79.4 cm³/mol. The Labute approximate surface area is 120 Å². The van der Waals surface area contributed by atoms with Gasteiger partial charge in [0.05, 0.1) is 5.56 Å². The molecule has 108 valence electrons. The predicted octanol–water partition coefficient (Wildman–Crippen LogP) is 2.45. The number of carbonyl (C=O) groups is 1. The van der Waals surface area contributed by atoms with E-state index in [2.05, 4.69) is 9.80 Å². The molecule has 0 radical (unpaired) electrons. The van der Waals surface area contributed by atoms with E-state index in [4.69, 9.17) is 5.11 Å². The van der Waals surface area contributed by atoms with Crippen molar-refractivity contribution in [3.8, 4) is 0 Å². The number of nitrogens with zero attached hydrogens (tertiary/aromatic N) is 2. The van der Waals surface area contributed by atoms with Crippen LogP contribution in [0.4, 0.5) is 5.69 Å². The Kier molecular flexibility index (Phi) is 3.92. The topological polar surface area (TPSA) is 43.8 Å². The third kappa shape index (κ3) is 2.80. The van der Waals surface area contributed by atoms with Gasteiger partial charge in [-0.15, -0.1) is 0 Å². The monoisotopic (exact) mass is 274 g/mol. The van der Waals surface area contributed by atoms with Crippen molar-refractivity contribution in [1.29, 1.82) is 0 Å². The van der Waals surface area contributed by atoms with Gasteiger partial charge in [0.15, 0.2) is 0 Å². The second kappa shape index (κ2) is 5.83. The van der Waals surface area contributed by atoms with Crippen LogP contribution in [0.5, 0.6) is 0 Å². The van der Waals surface area contributed by atoms with Crippen molar-refractivity contribution in [3.63, 3.8) is 0 Å². The summed E-state index contributed by atoms with van der Waals surface area (Å²) < 4.78 is 0. The third-order valence-electron chi connectivity index (χ3n) is 4.55. The van der Waals surface area contributed by atoms with Crippen molar-refractivity contribution in [2.24, 2.45) is 0 Å². The van der Waals surface area contributed by atoms with Crippen LogP contribution in [0.25, 0.3) is 0 Å². The first kappa shape index (κ1) is 13.4. The van der Waals surface area contributed by atoms with E-state index in [1.54, 1.807) is 12.1 Å². The highest BCUT2D eigenvalue weighted by molar-refractivity contribution is 5.88. The third-order valence-corrected chi connectivity index (χ3v) is 4.55. The molecule has 0 amide bonds. The Bertz CT molecular complexity index is 466. The highest BCUT2D eigenvalue weighted by Crippen LogP contribution is 2.25. The van der Waals surface area contributed by atoms with Gasteiger partial charge >= 0.3 is 5.97 Å². The number of carboxylic acid groups (broad SMARTS) is 1. The highest BCUT2D eigenvalue weighted by Gasteiger charge is 2.28. The van der Waals surface area contributed by atoms with Crippen molar-refractivity contribution in [1.82, 2.24) is 4.90 Å². The maximum absolute atomic E-state index is 10.9. The van der Waals surface area contributed by atoms with Gasteiger partial charge in [0, 0.05) is 24.8 Å². The van der Waals surface area contributed by atoms with Crippen LogP contribution in [0, 0.1) is 0 Å². The standard InChI is InChI=1S/C16H22N2O2/c19-16(20)13-4-6-14(7-5-13)18-11-8-15(12-18)17-9-2-1-3-10-17/h4-7,15H,1-3,8-12H2,(H,19,20). The summed E-state index contributed by atoms with van der Waals surface area (Å²) in [4.78, 5) is 15.9. The molecule has 1 unspecified atom stereocenters. The molecule has 2 aliphatic rings. The van der Waals surface area contributed by atoms with Crippen LogP contribution in [-0.2, 0) is 0 Å². The van der Waals surface area contributed by atoms with Crippen LogP contribution in [-0.4, -0.2) is 48.2 Å². The Hall–Kier alpha value is -1.55. The molecular weight excluding hydrogens is 252 g/mol. The maximum atomic E-state index is 10.9. The van der Waals surface area contributed by atoms with Crippen LogP contribution in [0.3, 0.4) is 0 Å². The van der Waals surface area contributed by atoms with E-state index in [0.717, 1.165) is 18.8 Å². The molecule has 4 heteroatoms. The summed E-state index contributed by atoms with van der Waals surface area (Å²) in [6.45, 7) is 4.65. The van der Waals surface area contributed by atoms with Gasteiger partial charge < -0.3 is 10.0 Å². The lowest BCUT2D eigenvalue weighted by Crippen LogP contribution is -2.40. The molecule has 2 heterocycles. The fourth-order valence-corrected chi connectivity index (χ4v) is 3.37. The van der Waals surface area contributed by atoms with Crippen LogP contribution >= 0.6 is 0 Å². The van der Waals surface area contributed by atoms with Crippen molar-refractivity contribution >= 4 is 11.7 Å². The highest BCUT2D eigenvalue weighted by atomic mass is 16.4. The lowest BCUT2D eigenvalue weighted by Gasteiger charge is -2.32. The number of likely N-dealkylation sites (tertiary alicyclic amines) is 1. The average Bonchev–Trinajstić information content (AvgIpc) is 2.98. The zero-order valence-electron chi connectivity index (χ0n) is 11.8. The number of carboxylic acids is 1. The van der Waals surface area contributed by atoms with Gasteiger partial charge in [-0.2, -0.15) is 0 Å². The van der Waals surface area contributed by atoms with E-state index in [-0.39, 0.29) is 0 Å². The van der Waals surface area contributed by atoms with Gasteiger partial charge in [0.2, 0.25) is 0 Å². The Morgan fingerprint density at radius 3 is 2.40 bits per heavy atom. The molecule has 0 bridgehead atoms. The Balaban J connectivity index is 1.62. The van der Waals surface area contributed by atoms with Gasteiger partial charge in [-0.3, -0.25) is 4.90 Å². The lowest BCUT2D eigenvalue weighted by atomic mass is 10.1. The number of anilines is 1. The number of hydrogen-bond acceptors (Lipinski definition) is 3. The van der Waals surface area contributed by atoms with Crippen molar-refractivity contribution in [2.45, 2.75) is 31.7 Å². The minimum Gasteiger partial charge on any atom is -0.478 e. The molecule has 1 aromatic rings. The smallest absolute Gasteiger partial charge is 0.335 e. The molecule has 2 fully saturated rings. The van der Waals surface area contributed by atoms with Gasteiger partial charge in [0.1, 0.15) is 0 Å². The number of benzene rings is 1. The zero-order chi connectivity index (χ0) is 13.9. The fraction of sp³-hybridized carbons (Fsp3) is 0.562. The molecule has 2 aliphatic heterocycles. The van der Waals surface area contributed by atoms with E-state index >= 15 is 0 Å². The molecule has 3 rings (SSSR count). The minimum absolute atomic E-state index is 0.362. The minimum atomic E-state index is -0.857. The molecule has 4 nitrogen and oxygen atoms in total. The van der Waals surface area contributed by atoms with Gasteiger partial charge in [0.25, 0.3) is 0 Å². The van der Waals surface area contributed by atoms with E-state index < -0.39 is 5.97 Å². The molecule has 2 saturated heterocycles. The fourth-order valence-electron chi connectivity index (χ4n) is 3.37. The largest absolute Gasteiger partial charge is 0.478 e. The maximum Gasteiger partial charge on any atom is 0.335 e.